The van der Waals surface area contributed by atoms with Gasteiger partial charge in [0.25, 0.3) is 0 Å². The maximum absolute atomic E-state index is 12.6. The minimum Gasteiger partial charge on any atom is -0.497 e. The molecule has 2 aromatic carbocycles. The Labute approximate surface area is 144 Å². The average molecular weight is 345 g/mol. The highest BCUT2D eigenvalue weighted by Gasteiger charge is 2.29. The van der Waals surface area contributed by atoms with Gasteiger partial charge in [0.2, 0.25) is 10.0 Å². The van der Waals surface area contributed by atoms with E-state index >= 15 is 0 Å². The molecule has 1 saturated heterocycles. The third-order valence-corrected chi connectivity index (χ3v) is 6.55. The molecule has 0 aromatic heterocycles. The molecule has 1 fully saturated rings. The predicted molar refractivity (Wildman–Crippen MR) is 94.6 cm³/mol. The lowest BCUT2D eigenvalue weighted by atomic mass is 9.91. The first-order valence-corrected chi connectivity index (χ1v) is 9.72. The van der Waals surface area contributed by atoms with Crippen molar-refractivity contribution in [3.8, 4) is 5.75 Å². The van der Waals surface area contributed by atoms with Gasteiger partial charge in [-0.05, 0) is 55.0 Å². The van der Waals surface area contributed by atoms with Gasteiger partial charge in [0, 0.05) is 13.1 Å². The summed E-state index contributed by atoms with van der Waals surface area (Å²) in [6.07, 6.45) is 2.79. The highest BCUT2D eigenvalue weighted by Crippen LogP contribution is 2.26. The van der Waals surface area contributed by atoms with Crippen molar-refractivity contribution in [3.63, 3.8) is 0 Å². The third-order valence-electron chi connectivity index (χ3n) is 4.64. The molecule has 0 amide bonds. The zero-order valence-corrected chi connectivity index (χ0v) is 14.7. The quantitative estimate of drug-likeness (QED) is 0.835. The SMILES string of the molecule is COc1ccc(CC2CCN(S(=O)(=O)c3ccccc3)CC2)cc1. The Bertz CT molecular complexity index is 749. The molecule has 128 valence electrons. The zero-order valence-electron chi connectivity index (χ0n) is 13.9. The molecule has 0 saturated carbocycles. The van der Waals surface area contributed by atoms with Crippen molar-refractivity contribution in [2.24, 2.45) is 5.92 Å². The Morgan fingerprint density at radius 1 is 1.00 bits per heavy atom. The monoisotopic (exact) mass is 345 g/mol. The molecule has 0 aliphatic carbocycles. The van der Waals surface area contributed by atoms with E-state index in [-0.39, 0.29) is 0 Å². The predicted octanol–water partition coefficient (Wildman–Crippen LogP) is 3.34. The Hall–Kier alpha value is -1.85. The molecule has 0 unspecified atom stereocenters. The number of hydrogen-bond donors (Lipinski definition) is 0. The van der Waals surface area contributed by atoms with Crippen LogP contribution in [0.4, 0.5) is 0 Å². The first kappa shape index (κ1) is 17.0. The summed E-state index contributed by atoms with van der Waals surface area (Å²) < 4.78 is 32.1. The van der Waals surface area contributed by atoms with Gasteiger partial charge in [0.1, 0.15) is 5.75 Å². The second kappa shape index (κ2) is 7.36. The Morgan fingerprint density at radius 2 is 1.62 bits per heavy atom. The van der Waals surface area contributed by atoms with E-state index in [0.717, 1.165) is 25.0 Å². The maximum Gasteiger partial charge on any atom is 0.243 e. The summed E-state index contributed by atoms with van der Waals surface area (Å²) in [6, 6.07) is 16.8. The second-order valence-corrected chi connectivity index (χ2v) is 8.15. The standard InChI is InChI=1S/C19H23NO3S/c1-23-18-9-7-16(8-10-18)15-17-11-13-20(14-12-17)24(21,22)19-5-3-2-4-6-19/h2-10,17H,11-15H2,1H3. The van der Waals surface area contributed by atoms with Gasteiger partial charge in [-0.25, -0.2) is 8.42 Å². The largest absolute Gasteiger partial charge is 0.497 e. The molecule has 1 heterocycles. The van der Waals surface area contributed by atoms with Gasteiger partial charge in [-0.3, -0.25) is 0 Å². The van der Waals surface area contributed by atoms with E-state index in [9.17, 15) is 8.42 Å². The van der Waals surface area contributed by atoms with Crippen LogP contribution in [0.2, 0.25) is 0 Å². The van der Waals surface area contributed by atoms with E-state index in [1.807, 2.05) is 18.2 Å². The van der Waals surface area contributed by atoms with Crippen molar-refractivity contribution in [3.05, 3.63) is 60.2 Å². The van der Waals surface area contributed by atoms with Crippen molar-refractivity contribution in [1.82, 2.24) is 4.31 Å². The van der Waals surface area contributed by atoms with Crippen LogP contribution in [-0.4, -0.2) is 32.9 Å². The molecular formula is C19H23NO3S. The Kier molecular flexibility index (Phi) is 5.21. The van der Waals surface area contributed by atoms with Crippen LogP contribution < -0.4 is 4.74 Å². The van der Waals surface area contributed by atoms with Crippen LogP contribution in [0.5, 0.6) is 5.75 Å². The summed E-state index contributed by atoms with van der Waals surface area (Å²) in [4.78, 5) is 0.388. The molecule has 3 rings (SSSR count). The van der Waals surface area contributed by atoms with Crippen LogP contribution in [0, 0.1) is 5.92 Å². The van der Waals surface area contributed by atoms with Gasteiger partial charge >= 0.3 is 0 Å². The van der Waals surface area contributed by atoms with Crippen LogP contribution in [0.25, 0.3) is 0 Å². The summed E-state index contributed by atoms with van der Waals surface area (Å²) in [7, 11) is -1.69. The minimum atomic E-state index is -3.35. The van der Waals surface area contributed by atoms with Crippen molar-refractivity contribution in [1.29, 1.82) is 0 Å². The molecule has 0 N–H and O–H groups in total. The van der Waals surface area contributed by atoms with Gasteiger partial charge in [0.05, 0.1) is 12.0 Å². The summed E-state index contributed by atoms with van der Waals surface area (Å²) >= 11 is 0. The molecular weight excluding hydrogens is 322 g/mol. The molecule has 0 atom stereocenters. The van der Waals surface area contributed by atoms with Crippen LogP contribution >= 0.6 is 0 Å². The second-order valence-electron chi connectivity index (χ2n) is 6.21. The van der Waals surface area contributed by atoms with Crippen LogP contribution in [-0.2, 0) is 16.4 Å². The van der Waals surface area contributed by atoms with Gasteiger partial charge in [0.15, 0.2) is 0 Å². The molecule has 24 heavy (non-hydrogen) atoms. The van der Waals surface area contributed by atoms with Crippen molar-refractivity contribution in [2.75, 3.05) is 20.2 Å². The molecule has 0 radical (unpaired) electrons. The number of benzene rings is 2. The number of sulfonamides is 1. The van der Waals surface area contributed by atoms with Gasteiger partial charge in [-0.2, -0.15) is 4.31 Å². The normalized spacial score (nSPS) is 16.9. The van der Waals surface area contributed by atoms with Crippen molar-refractivity contribution in [2.45, 2.75) is 24.2 Å². The lowest BCUT2D eigenvalue weighted by molar-refractivity contribution is 0.273. The number of hydrogen-bond acceptors (Lipinski definition) is 3. The highest BCUT2D eigenvalue weighted by atomic mass is 32.2. The van der Waals surface area contributed by atoms with E-state index in [2.05, 4.69) is 12.1 Å². The zero-order chi connectivity index (χ0) is 17.0. The Morgan fingerprint density at radius 3 is 2.21 bits per heavy atom. The van der Waals surface area contributed by atoms with Crippen molar-refractivity contribution < 1.29 is 13.2 Å². The molecule has 5 heteroatoms. The number of ether oxygens (including phenoxy) is 1. The van der Waals surface area contributed by atoms with Gasteiger partial charge in [-0.1, -0.05) is 30.3 Å². The number of rotatable bonds is 5. The Balaban J connectivity index is 1.59. The fourth-order valence-corrected chi connectivity index (χ4v) is 4.68. The molecule has 1 aliphatic rings. The number of nitrogens with zero attached hydrogens (tertiary/aromatic N) is 1. The van der Waals surface area contributed by atoms with Crippen molar-refractivity contribution >= 4 is 10.0 Å². The maximum atomic E-state index is 12.6. The van der Waals surface area contributed by atoms with Gasteiger partial charge < -0.3 is 4.74 Å². The van der Waals surface area contributed by atoms with E-state index in [1.54, 1.807) is 35.7 Å². The number of methoxy groups -OCH3 is 1. The molecule has 2 aromatic rings. The van der Waals surface area contributed by atoms with E-state index < -0.39 is 10.0 Å². The fourth-order valence-electron chi connectivity index (χ4n) is 3.19. The average Bonchev–Trinajstić information content (AvgIpc) is 2.63. The molecule has 4 nitrogen and oxygen atoms in total. The highest BCUT2D eigenvalue weighted by molar-refractivity contribution is 7.89. The summed E-state index contributed by atoms with van der Waals surface area (Å²) in [5.74, 6) is 1.39. The van der Waals surface area contributed by atoms with Crippen LogP contribution in [0.1, 0.15) is 18.4 Å². The molecule has 1 aliphatic heterocycles. The van der Waals surface area contributed by atoms with E-state index in [0.29, 0.717) is 23.9 Å². The van der Waals surface area contributed by atoms with E-state index in [4.69, 9.17) is 4.74 Å². The minimum absolute atomic E-state index is 0.388. The molecule has 0 spiro atoms. The topological polar surface area (TPSA) is 46.6 Å². The fraction of sp³-hybridized carbons (Fsp3) is 0.368. The van der Waals surface area contributed by atoms with E-state index in [1.165, 1.54) is 5.56 Å². The van der Waals surface area contributed by atoms with Crippen LogP contribution in [0.15, 0.2) is 59.5 Å². The first-order chi connectivity index (χ1) is 11.6. The van der Waals surface area contributed by atoms with Gasteiger partial charge in [-0.15, -0.1) is 0 Å². The smallest absolute Gasteiger partial charge is 0.243 e. The third kappa shape index (κ3) is 3.79. The van der Waals surface area contributed by atoms with Crippen LogP contribution in [0.3, 0.4) is 0 Å². The first-order valence-electron chi connectivity index (χ1n) is 8.28. The molecule has 0 bridgehead atoms. The summed E-state index contributed by atoms with van der Waals surface area (Å²) in [5, 5.41) is 0. The lowest BCUT2D eigenvalue weighted by Gasteiger charge is -2.31. The summed E-state index contributed by atoms with van der Waals surface area (Å²) in [5.41, 5.74) is 1.28. The summed E-state index contributed by atoms with van der Waals surface area (Å²) in [6.45, 7) is 1.19. The number of piperidine rings is 1. The lowest BCUT2D eigenvalue weighted by Crippen LogP contribution is -2.38.